The van der Waals surface area contributed by atoms with Gasteiger partial charge >= 0.3 is 6.03 Å². The van der Waals surface area contributed by atoms with Gasteiger partial charge in [-0.05, 0) is 66.4 Å². The predicted molar refractivity (Wildman–Crippen MR) is 129 cm³/mol. The molecule has 1 aliphatic heterocycles. The molecule has 1 heterocycles. The minimum absolute atomic E-state index is 0.400. The highest BCUT2D eigenvalue weighted by atomic mass is 19.1. The molecule has 1 aliphatic rings. The average Bonchev–Trinajstić information content (AvgIpc) is 2.82. The molecule has 170 valence electrons. The molecular weight excluding hydrogens is 421 g/mol. The molecule has 4 rings (SSSR count). The number of halogens is 1. The minimum Gasteiger partial charge on any atom is -0.493 e. The van der Waals surface area contributed by atoms with Crippen LogP contribution in [0, 0.1) is 12.7 Å². The van der Waals surface area contributed by atoms with E-state index < -0.39 is 11.8 Å². The van der Waals surface area contributed by atoms with Gasteiger partial charge in [0.15, 0.2) is 11.5 Å². The van der Waals surface area contributed by atoms with Gasteiger partial charge < -0.3 is 20.1 Å². The lowest BCUT2D eigenvalue weighted by molar-refractivity contribution is 0.262. The maximum Gasteiger partial charge on any atom is 0.323 e. The first-order valence-corrected chi connectivity index (χ1v) is 10.7. The molecule has 0 atom stereocenters. The molecule has 0 saturated carbocycles. The van der Waals surface area contributed by atoms with Crippen molar-refractivity contribution in [2.24, 2.45) is 4.99 Å². The summed E-state index contributed by atoms with van der Waals surface area (Å²) >= 11 is 0. The van der Waals surface area contributed by atoms with Crippen LogP contribution in [-0.2, 0) is 12.8 Å². The number of methoxy groups -OCH3 is 2. The van der Waals surface area contributed by atoms with Crippen molar-refractivity contribution in [2.45, 2.75) is 19.8 Å². The predicted octanol–water partition coefficient (Wildman–Crippen LogP) is 5.38. The van der Waals surface area contributed by atoms with Gasteiger partial charge in [0.2, 0.25) is 0 Å². The summed E-state index contributed by atoms with van der Waals surface area (Å²) in [6.07, 6.45) is 1.53. The number of anilines is 2. The third-order valence-electron chi connectivity index (χ3n) is 5.64. The fraction of sp³-hybridized carbons (Fsp3) is 0.231. The lowest BCUT2D eigenvalue weighted by atomic mass is 9.93. The highest BCUT2D eigenvalue weighted by molar-refractivity contribution is 6.04. The van der Waals surface area contributed by atoms with E-state index in [0.717, 1.165) is 41.1 Å². The van der Waals surface area contributed by atoms with Crippen molar-refractivity contribution >= 4 is 23.1 Å². The quantitative estimate of drug-likeness (QED) is 0.533. The minimum atomic E-state index is -0.428. The van der Waals surface area contributed by atoms with Crippen molar-refractivity contribution in [1.29, 1.82) is 0 Å². The van der Waals surface area contributed by atoms with Crippen LogP contribution in [0.4, 0.5) is 20.6 Å². The molecule has 6 nitrogen and oxygen atoms in total. The monoisotopic (exact) mass is 447 g/mol. The lowest BCUT2D eigenvalue weighted by Gasteiger charge is -2.20. The molecule has 0 saturated heterocycles. The highest BCUT2D eigenvalue weighted by Crippen LogP contribution is 2.33. The van der Waals surface area contributed by atoms with Crippen molar-refractivity contribution in [1.82, 2.24) is 0 Å². The Bertz CT molecular complexity index is 1210. The van der Waals surface area contributed by atoms with Crippen molar-refractivity contribution in [3.8, 4) is 11.5 Å². The van der Waals surface area contributed by atoms with Gasteiger partial charge in [0.05, 0.1) is 14.2 Å². The van der Waals surface area contributed by atoms with E-state index >= 15 is 0 Å². The largest absolute Gasteiger partial charge is 0.493 e. The third-order valence-corrected chi connectivity index (χ3v) is 5.64. The van der Waals surface area contributed by atoms with Crippen LogP contribution >= 0.6 is 0 Å². The molecule has 2 N–H and O–H groups in total. The van der Waals surface area contributed by atoms with E-state index in [0.29, 0.717) is 23.5 Å². The molecule has 33 heavy (non-hydrogen) atoms. The van der Waals surface area contributed by atoms with Crippen LogP contribution in [-0.4, -0.2) is 32.5 Å². The molecule has 0 aromatic heterocycles. The van der Waals surface area contributed by atoms with E-state index in [-0.39, 0.29) is 0 Å². The maximum atomic E-state index is 13.4. The molecule has 0 bridgehead atoms. The summed E-state index contributed by atoms with van der Waals surface area (Å²) in [6.45, 7) is 2.54. The van der Waals surface area contributed by atoms with Gasteiger partial charge in [-0.3, -0.25) is 4.99 Å². The number of ether oxygens (including phenoxy) is 2. The highest BCUT2D eigenvalue weighted by Gasteiger charge is 2.19. The summed E-state index contributed by atoms with van der Waals surface area (Å²) < 4.78 is 24.3. The Hall–Kier alpha value is -3.87. The Morgan fingerprint density at radius 3 is 2.45 bits per heavy atom. The van der Waals surface area contributed by atoms with Crippen molar-refractivity contribution in [3.63, 3.8) is 0 Å². The van der Waals surface area contributed by atoms with Crippen molar-refractivity contribution in [3.05, 3.63) is 82.7 Å². The number of nitrogens with zero attached hydrogens (tertiary/aromatic N) is 1. The van der Waals surface area contributed by atoms with Crippen LogP contribution in [0.25, 0.3) is 0 Å². The van der Waals surface area contributed by atoms with Gasteiger partial charge in [-0.15, -0.1) is 0 Å². The number of hydrogen-bond donors (Lipinski definition) is 2. The second-order valence-electron chi connectivity index (χ2n) is 7.85. The smallest absolute Gasteiger partial charge is 0.323 e. The molecular formula is C26H26FN3O3. The van der Waals surface area contributed by atoms with E-state index in [1.165, 1.54) is 17.7 Å². The zero-order valence-corrected chi connectivity index (χ0v) is 18.9. The van der Waals surface area contributed by atoms with Crippen molar-refractivity contribution < 1.29 is 18.7 Å². The Kier molecular flexibility index (Phi) is 6.58. The average molecular weight is 448 g/mol. The van der Waals surface area contributed by atoms with Crippen LogP contribution in [0.5, 0.6) is 11.5 Å². The number of rotatable bonds is 6. The molecule has 7 heteroatoms. The second-order valence-corrected chi connectivity index (χ2v) is 7.85. The Morgan fingerprint density at radius 1 is 1.00 bits per heavy atom. The number of amides is 2. The van der Waals surface area contributed by atoms with Gasteiger partial charge in [-0.25, -0.2) is 9.18 Å². The number of hydrogen-bond acceptors (Lipinski definition) is 4. The number of urea groups is 1. The lowest BCUT2D eigenvalue weighted by Crippen LogP contribution is -2.20. The summed E-state index contributed by atoms with van der Waals surface area (Å²) in [5.74, 6) is 1.01. The molecule has 0 radical (unpaired) electrons. The van der Waals surface area contributed by atoms with E-state index in [1.54, 1.807) is 20.3 Å². The number of carbonyl (C=O) groups is 1. The van der Waals surface area contributed by atoms with E-state index in [4.69, 9.17) is 14.5 Å². The summed E-state index contributed by atoms with van der Waals surface area (Å²) in [5.41, 5.74) is 6.20. The summed E-state index contributed by atoms with van der Waals surface area (Å²) in [5, 5.41) is 5.46. The standard InChI is InChI=1S/C26H26FN3O3/c1-16-4-7-19(27)14-22(16)30-26(31)29-20-8-5-17(6-9-20)12-23-21-15-25(33-3)24(32-2)13-18(21)10-11-28-23/h4-9,13-15H,10-12H2,1-3H3,(H2,29,30,31). The SMILES string of the molecule is COc1cc2c(cc1OC)C(Cc1ccc(NC(=O)Nc3cc(F)ccc3C)cc1)=NCC2. The number of fused-ring (bicyclic) bond motifs is 1. The Labute approximate surface area is 192 Å². The van der Waals surface area contributed by atoms with Crippen LogP contribution in [0.2, 0.25) is 0 Å². The van der Waals surface area contributed by atoms with Crippen LogP contribution < -0.4 is 20.1 Å². The van der Waals surface area contributed by atoms with Gasteiger partial charge in [-0.2, -0.15) is 0 Å². The van der Waals surface area contributed by atoms with Gasteiger partial charge in [0.1, 0.15) is 5.82 Å². The molecule has 0 fully saturated rings. The van der Waals surface area contributed by atoms with Crippen LogP contribution in [0.15, 0.2) is 59.6 Å². The summed E-state index contributed by atoms with van der Waals surface area (Å²) in [4.78, 5) is 17.1. The number of benzene rings is 3. The molecule has 0 unspecified atom stereocenters. The topological polar surface area (TPSA) is 72.0 Å². The van der Waals surface area contributed by atoms with E-state index in [1.807, 2.05) is 43.3 Å². The Balaban J connectivity index is 1.44. The molecule has 3 aromatic rings. The third kappa shape index (κ3) is 5.14. The number of aliphatic imine (C=N–C) groups is 1. The number of aryl methyl sites for hydroxylation is 1. The molecule has 0 spiro atoms. The fourth-order valence-electron chi connectivity index (χ4n) is 3.86. The first-order chi connectivity index (χ1) is 16.0. The molecule has 0 aliphatic carbocycles. The van der Waals surface area contributed by atoms with E-state index in [2.05, 4.69) is 10.6 Å². The number of carbonyl (C=O) groups excluding carboxylic acids is 1. The van der Waals surface area contributed by atoms with Gasteiger partial charge in [0.25, 0.3) is 0 Å². The van der Waals surface area contributed by atoms with Crippen LogP contribution in [0.1, 0.15) is 22.3 Å². The van der Waals surface area contributed by atoms with E-state index in [9.17, 15) is 9.18 Å². The summed E-state index contributed by atoms with van der Waals surface area (Å²) in [7, 11) is 3.26. The Morgan fingerprint density at radius 2 is 1.73 bits per heavy atom. The van der Waals surface area contributed by atoms with Crippen LogP contribution in [0.3, 0.4) is 0 Å². The zero-order chi connectivity index (χ0) is 23.4. The normalized spacial score (nSPS) is 12.4. The fourth-order valence-corrected chi connectivity index (χ4v) is 3.86. The first kappa shape index (κ1) is 22.3. The molecule has 3 aromatic carbocycles. The molecule has 2 amide bonds. The maximum absolute atomic E-state index is 13.4. The first-order valence-electron chi connectivity index (χ1n) is 10.7. The van der Waals surface area contributed by atoms with Gasteiger partial charge in [-0.1, -0.05) is 18.2 Å². The van der Waals surface area contributed by atoms with Crippen molar-refractivity contribution in [2.75, 3.05) is 31.4 Å². The van der Waals surface area contributed by atoms with Gasteiger partial charge in [0, 0.05) is 35.6 Å². The summed E-state index contributed by atoms with van der Waals surface area (Å²) in [6, 6.07) is 15.5. The second kappa shape index (κ2) is 9.73. The zero-order valence-electron chi connectivity index (χ0n) is 18.9. The number of nitrogens with one attached hydrogen (secondary N) is 2.